The van der Waals surface area contributed by atoms with E-state index in [2.05, 4.69) is 9.97 Å². The van der Waals surface area contributed by atoms with E-state index in [1.54, 1.807) is 48.1 Å². The number of carbonyl (C=O) groups is 1. The number of ether oxygens (including phenoxy) is 1. The van der Waals surface area contributed by atoms with Gasteiger partial charge in [-0.1, -0.05) is 6.07 Å². The van der Waals surface area contributed by atoms with Gasteiger partial charge in [-0.05, 0) is 24.3 Å². The number of benzene rings is 1. The van der Waals surface area contributed by atoms with Crippen LogP contribution in [0.3, 0.4) is 0 Å². The fraction of sp³-hybridized carbons (Fsp3) is 0.100. The molecular weight excluding hydrogens is 378 g/mol. The summed E-state index contributed by atoms with van der Waals surface area (Å²) in [5.41, 5.74) is 0.890. The molecule has 138 valence electrons. The first-order chi connectivity index (χ1) is 13.7. The normalized spacial score (nSPS) is 15.8. The van der Waals surface area contributed by atoms with Crippen molar-refractivity contribution in [3.05, 3.63) is 81.4 Å². The number of carbonyl (C=O) groups excluding carboxylic acids is 1. The molecule has 0 saturated carbocycles. The minimum Gasteiger partial charge on any atom is -0.497 e. The minimum atomic E-state index is -0.697. The Morgan fingerprint density at radius 2 is 2.04 bits per heavy atom. The van der Waals surface area contributed by atoms with Gasteiger partial charge in [0.05, 0.1) is 23.8 Å². The quantitative estimate of drug-likeness (QED) is 0.532. The lowest BCUT2D eigenvalue weighted by molar-refractivity contribution is 0.0970. The molecule has 1 amide bonds. The molecule has 7 nitrogen and oxygen atoms in total. The topological polar surface area (TPSA) is 85.5 Å². The first kappa shape index (κ1) is 16.6. The van der Waals surface area contributed by atoms with Gasteiger partial charge in [-0.2, -0.15) is 0 Å². The Bertz CT molecular complexity index is 1250. The maximum Gasteiger partial charge on any atom is 0.297 e. The Morgan fingerprint density at radius 1 is 1.14 bits per heavy atom. The van der Waals surface area contributed by atoms with Crippen LogP contribution < -0.4 is 15.1 Å². The zero-order valence-corrected chi connectivity index (χ0v) is 15.5. The summed E-state index contributed by atoms with van der Waals surface area (Å²) in [6.45, 7) is 0. The average molecular weight is 391 g/mol. The van der Waals surface area contributed by atoms with Gasteiger partial charge in [0, 0.05) is 23.8 Å². The number of nitrogens with zero attached hydrogens (tertiary/aromatic N) is 3. The van der Waals surface area contributed by atoms with Crippen LogP contribution in [0, 0.1) is 0 Å². The van der Waals surface area contributed by atoms with Crippen LogP contribution in [0.5, 0.6) is 5.75 Å². The highest BCUT2D eigenvalue weighted by molar-refractivity contribution is 7.13. The van der Waals surface area contributed by atoms with Crippen molar-refractivity contribution in [1.82, 2.24) is 9.97 Å². The Balaban J connectivity index is 1.82. The predicted molar refractivity (Wildman–Crippen MR) is 104 cm³/mol. The van der Waals surface area contributed by atoms with Gasteiger partial charge in [0.2, 0.25) is 5.76 Å². The minimum absolute atomic E-state index is 0.0107. The molecular formula is C20H13N3O4S. The predicted octanol–water partition coefficient (Wildman–Crippen LogP) is 3.40. The molecule has 8 heteroatoms. The second kappa shape index (κ2) is 6.28. The first-order valence-electron chi connectivity index (χ1n) is 8.48. The average Bonchev–Trinajstić information content (AvgIpc) is 3.35. The van der Waals surface area contributed by atoms with Crippen LogP contribution in [0.4, 0.5) is 5.13 Å². The molecule has 1 aliphatic rings. The smallest absolute Gasteiger partial charge is 0.297 e. The largest absolute Gasteiger partial charge is 0.497 e. The maximum atomic E-state index is 13.3. The summed E-state index contributed by atoms with van der Waals surface area (Å²) in [4.78, 5) is 36.7. The van der Waals surface area contributed by atoms with Crippen molar-refractivity contribution in [2.45, 2.75) is 6.04 Å². The molecule has 3 aromatic heterocycles. The zero-order chi connectivity index (χ0) is 19.3. The summed E-state index contributed by atoms with van der Waals surface area (Å²) in [6, 6.07) is 9.63. The number of rotatable bonds is 3. The van der Waals surface area contributed by atoms with Gasteiger partial charge in [0.25, 0.3) is 5.91 Å². The summed E-state index contributed by atoms with van der Waals surface area (Å²) in [7, 11) is 1.53. The number of thiazole rings is 1. The Kier molecular flexibility index (Phi) is 3.73. The third kappa shape index (κ3) is 2.35. The monoisotopic (exact) mass is 391 g/mol. The van der Waals surface area contributed by atoms with Gasteiger partial charge in [0.15, 0.2) is 10.6 Å². The van der Waals surface area contributed by atoms with Crippen LogP contribution in [-0.2, 0) is 0 Å². The van der Waals surface area contributed by atoms with E-state index < -0.39 is 11.9 Å². The molecule has 0 saturated heterocycles. The van der Waals surface area contributed by atoms with Crippen molar-refractivity contribution in [2.75, 3.05) is 12.0 Å². The molecule has 28 heavy (non-hydrogen) atoms. The van der Waals surface area contributed by atoms with Crippen molar-refractivity contribution >= 4 is 33.3 Å². The number of fused-ring (bicyclic) bond motifs is 2. The fourth-order valence-electron chi connectivity index (χ4n) is 3.43. The fourth-order valence-corrected chi connectivity index (χ4v) is 4.09. The SMILES string of the molecule is COc1ccc2c(=O)c3c(oc2c1)C(=O)N(c1nccs1)[C@@H]3c1ccccn1. The van der Waals surface area contributed by atoms with Gasteiger partial charge in [-0.3, -0.25) is 19.5 Å². The van der Waals surface area contributed by atoms with E-state index in [9.17, 15) is 9.59 Å². The molecule has 1 aromatic carbocycles. The molecule has 0 aliphatic carbocycles. The van der Waals surface area contributed by atoms with Crippen LogP contribution in [0.1, 0.15) is 27.9 Å². The summed E-state index contributed by atoms with van der Waals surface area (Å²) >= 11 is 1.31. The van der Waals surface area contributed by atoms with Crippen LogP contribution in [0.2, 0.25) is 0 Å². The van der Waals surface area contributed by atoms with Crippen molar-refractivity contribution in [3.8, 4) is 5.75 Å². The third-order valence-corrected chi connectivity index (χ3v) is 5.44. The van der Waals surface area contributed by atoms with Crippen molar-refractivity contribution in [1.29, 1.82) is 0 Å². The number of amides is 1. The van der Waals surface area contributed by atoms with Crippen LogP contribution in [-0.4, -0.2) is 23.0 Å². The zero-order valence-electron chi connectivity index (χ0n) is 14.7. The highest BCUT2D eigenvalue weighted by atomic mass is 32.1. The van der Waals surface area contributed by atoms with E-state index in [1.165, 1.54) is 23.3 Å². The van der Waals surface area contributed by atoms with E-state index in [4.69, 9.17) is 9.15 Å². The molecule has 4 aromatic rings. The molecule has 0 spiro atoms. The second-order valence-corrected chi connectivity index (χ2v) is 7.06. The van der Waals surface area contributed by atoms with Gasteiger partial charge in [0.1, 0.15) is 17.4 Å². The number of pyridine rings is 1. The molecule has 1 atom stereocenters. The number of hydrogen-bond acceptors (Lipinski definition) is 7. The molecule has 5 rings (SSSR count). The van der Waals surface area contributed by atoms with E-state index in [1.807, 2.05) is 6.07 Å². The number of aromatic nitrogens is 2. The summed E-state index contributed by atoms with van der Waals surface area (Å²) in [6.07, 6.45) is 3.24. The molecule has 0 N–H and O–H groups in total. The lowest BCUT2D eigenvalue weighted by Crippen LogP contribution is -2.29. The summed E-state index contributed by atoms with van der Waals surface area (Å²) in [5, 5.41) is 2.64. The van der Waals surface area contributed by atoms with E-state index in [0.29, 0.717) is 27.5 Å². The highest BCUT2D eigenvalue weighted by Gasteiger charge is 2.45. The standard InChI is InChI=1S/C20H13N3O4S/c1-26-11-5-6-12-14(10-11)27-18-15(17(12)24)16(13-4-2-3-7-21-13)23(19(18)25)20-22-8-9-28-20/h2-10,16H,1H3/t16-/m1/s1. The third-order valence-electron chi connectivity index (χ3n) is 4.67. The van der Waals surface area contributed by atoms with Gasteiger partial charge in [-0.15, -0.1) is 11.3 Å². The van der Waals surface area contributed by atoms with Crippen LogP contribution in [0.25, 0.3) is 11.0 Å². The van der Waals surface area contributed by atoms with Crippen molar-refractivity contribution in [3.63, 3.8) is 0 Å². The van der Waals surface area contributed by atoms with Crippen molar-refractivity contribution < 1.29 is 13.9 Å². The first-order valence-corrected chi connectivity index (χ1v) is 9.35. The number of hydrogen-bond donors (Lipinski definition) is 0. The number of methoxy groups -OCH3 is 1. The number of anilines is 1. The maximum absolute atomic E-state index is 13.3. The molecule has 0 unspecified atom stereocenters. The van der Waals surface area contributed by atoms with E-state index in [0.717, 1.165) is 0 Å². The van der Waals surface area contributed by atoms with Crippen LogP contribution >= 0.6 is 11.3 Å². The Labute approximate surface area is 162 Å². The summed E-state index contributed by atoms with van der Waals surface area (Å²) in [5.74, 6) is 0.137. The Hall–Kier alpha value is -3.52. The van der Waals surface area contributed by atoms with Crippen molar-refractivity contribution in [2.24, 2.45) is 0 Å². The summed E-state index contributed by atoms with van der Waals surface area (Å²) < 4.78 is 11.1. The van der Waals surface area contributed by atoms with E-state index in [-0.39, 0.29) is 16.8 Å². The molecule has 1 aliphatic heterocycles. The lowest BCUT2D eigenvalue weighted by Gasteiger charge is -2.21. The van der Waals surface area contributed by atoms with E-state index >= 15 is 0 Å². The second-order valence-electron chi connectivity index (χ2n) is 6.18. The molecule has 0 fully saturated rings. The van der Waals surface area contributed by atoms with Crippen LogP contribution in [0.15, 0.2) is 63.4 Å². The molecule has 0 bridgehead atoms. The molecule has 0 radical (unpaired) electrons. The Morgan fingerprint density at radius 3 is 2.75 bits per heavy atom. The lowest BCUT2D eigenvalue weighted by atomic mass is 10.0. The highest BCUT2D eigenvalue weighted by Crippen LogP contribution is 2.41. The molecule has 4 heterocycles. The van der Waals surface area contributed by atoms with Gasteiger partial charge in [-0.25, -0.2) is 4.98 Å². The van der Waals surface area contributed by atoms with Gasteiger partial charge < -0.3 is 9.15 Å². The van der Waals surface area contributed by atoms with Gasteiger partial charge >= 0.3 is 0 Å².